The Morgan fingerprint density at radius 2 is 1.89 bits per heavy atom. The van der Waals surface area contributed by atoms with Gasteiger partial charge in [0.25, 0.3) is 5.56 Å². The molecule has 2 aromatic heterocycles. The van der Waals surface area contributed by atoms with E-state index in [-0.39, 0.29) is 5.56 Å². The zero-order valence-corrected chi connectivity index (χ0v) is 16.2. The topological polar surface area (TPSA) is 73.9 Å². The molecule has 27 heavy (non-hydrogen) atoms. The first-order valence-electron chi connectivity index (χ1n) is 9.01. The number of hydrogen-bond donors (Lipinski definition) is 2. The summed E-state index contributed by atoms with van der Waals surface area (Å²) in [6, 6.07) is 14.4. The van der Waals surface area contributed by atoms with E-state index in [0.29, 0.717) is 17.4 Å². The van der Waals surface area contributed by atoms with E-state index in [0.717, 1.165) is 23.6 Å². The number of benzene rings is 1. The van der Waals surface area contributed by atoms with Crippen molar-refractivity contribution in [1.82, 2.24) is 15.0 Å². The Labute approximate surface area is 159 Å². The lowest BCUT2D eigenvalue weighted by atomic mass is 10.2. The van der Waals surface area contributed by atoms with Gasteiger partial charge in [0, 0.05) is 48.3 Å². The number of pyridine rings is 1. The quantitative estimate of drug-likeness (QED) is 0.702. The van der Waals surface area contributed by atoms with E-state index in [1.165, 1.54) is 5.69 Å². The molecule has 0 radical (unpaired) electrons. The molecule has 0 aliphatic rings. The van der Waals surface area contributed by atoms with Crippen LogP contribution in [0.25, 0.3) is 11.4 Å². The Kier molecular flexibility index (Phi) is 5.54. The van der Waals surface area contributed by atoms with E-state index < -0.39 is 0 Å². The predicted octanol–water partition coefficient (Wildman–Crippen LogP) is 3.39. The minimum Gasteiger partial charge on any atom is -0.370 e. The highest BCUT2D eigenvalue weighted by Crippen LogP contribution is 2.17. The average Bonchev–Trinajstić information content (AvgIpc) is 2.70. The molecule has 6 nitrogen and oxygen atoms in total. The summed E-state index contributed by atoms with van der Waals surface area (Å²) in [6.45, 7) is 6.53. The molecular formula is C21H25N5O. The van der Waals surface area contributed by atoms with Crippen LogP contribution in [0.1, 0.15) is 18.2 Å². The number of aromatic amines is 1. The number of rotatable bonds is 6. The van der Waals surface area contributed by atoms with Gasteiger partial charge < -0.3 is 15.2 Å². The van der Waals surface area contributed by atoms with Gasteiger partial charge in [-0.2, -0.15) is 0 Å². The molecule has 0 aliphatic carbocycles. The van der Waals surface area contributed by atoms with Crippen molar-refractivity contribution >= 4 is 11.5 Å². The maximum absolute atomic E-state index is 11.9. The highest BCUT2D eigenvalue weighted by atomic mass is 16.1. The summed E-state index contributed by atoms with van der Waals surface area (Å²) in [5.74, 6) is 1.33. The van der Waals surface area contributed by atoms with Gasteiger partial charge in [-0.3, -0.25) is 4.79 Å². The number of hydrogen-bond acceptors (Lipinski definition) is 5. The molecule has 0 amide bonds. The number of nitrogens with zero attached hydrogens (tertiary/aromatic N) is 3. The first-order chi connectivity index (χ1) is 13.0. The first kappa shape index (κ1) is 18.6. The molecule has 3 rings (SSSR count). The summed E-state index contributed by atoms with van der Waals surface area (Å²) in [5, 5.41) is 3.36. The number of anilines is 2. The maximum atomic E-state index is 11.9. The summed E-state index contributed by atoms with van der Waals surface area (Å²) < 4.78 is 0. The molecule has 0 saturated heterocycles. The van der Waals surface area contributed by atoms with Gasteiger partial charge in [0.2, 0.25) is 0 Å². The first-order valence-corrected chi connectivity index (χ1v) is 9.01. The molecule has 0 fully saturated rings. The largest absolute Gasteiger partial charge is 0.370 e. The van der Waals surface area contributed by atoms with Gasteiger partial charge in [-0.25, -0.2) is 9.97 Å². The normalized spacial score (nSPS) is 11.9. The smallest absolute Gasteiger partial charge is 0.254 e. The van der Waals surface area contributed by atoms with Gasteiger partial charge in [-0.1, -0.05) is 18.2 Å². The number of likely N-dealkylation sites (N-methyl/N-ethyl adjacent to an activating group) is 1. The van der Waals surface area contributed by atoms with Crippen LogP contribution in [-0.4, -0.2) is 34.6 Å². The third kappa shape index (κ3) is 4.34. The molecule has 1 unspecified atom stereocenters. The molecule has 3 aromatic rings. The second kappa shape index (κ2) is 8.03. The molecule has 6 heteroatoms. The fourth-order valence-corrected chi connectivity index (χ4v) is 2.73. The maximum Gasteiger partial charge on any atom is 0.254 e. The lowest BCUT2D eigenvalue weighted by Crippen LogP contribution is -2.34. The summed E-state index contributed by atoms with van der Waals surface area (Å²) in [6.07, 6.45) is 1.72. The van der Waals surface area contributed by atoms with Crippen molar-refractivity contribution in [2.45, 2.75) is 26.8 Å². The van der Waals surface area contributed by atoms with Crippen LogP contribution in [0.2, 0.25) is 0 Å². The van der Waals surface area contributed by atoms with Gasteiger partial charge in [0.05, 0.1) is 0 Å². The Morgan fingerprint density at radius 1 is 1.15 bits per heavy atom. The van der Waals surface area contributed by atoms with Gasteiger partial charge in [0.15, 0.2) is 0 Å². The Balaban J connectivity index is 1.65. The summed E-state index contributed by atoms with van der Waals surface area (Å²) in [7, 11) is 2.08. The van der Waals surface area contributed by atoms with Crippen molar-refractivity contribution in [1.29, 1.82) is 0 Å². The Hall–Kier alpha value is -3.15. The lowest BCUT2D eigenvalue weighted by molar-refractivity contribution is 0.714. The fourth-order valence-electron chi connectivity index (χ4n) is 2.73. The predicted molar refractivity (Wildman–Crippen MR) is 110 cm³/mol. The molecule has 1 atom stereocenters. The molecule has 140 valence electrons. The second-order valence-corrected chi connectivity index (χ2v) is 6.73. The summed E-state index contributed by atoms with van der Waals surface area (Å²) in [5.41, 5.74) is 3.22. The Bertz CT molecular complexity index is 951. The lowest BCUT2D eigenvalue weighted by Gasteiger charge is -2.27. The molecule has 1 aromatic carbocycles. The molecular weight excluding hydrogens is 338 g/mol. The monoisotopic (exact) mass is 363 g/mol. The highest BCUT2D eigenvalue weighted by Gasteiger charge is 2.10. The van der Waals surface area contributed by atoms with Crippen LogP contribution in [0.15, 0.2) is 53.5 Å². The minimum absolute atomic E-state index is 0.113. The van der Waals surface area contributed by atoms with E-state index >= 15 is 0 Å². The van der Waals surface area contributed by atoms with Gasteiger partial charge in [0.1, 0.15) is 11.6 Å². The van der Waals surface area contributed by atoms with Gasteiger partial charge >= 0.3 is 0 Å². The van der Waals surface area contributed by atoms with Crippen LogP contribution >= 0.6 is 0 Å². The summed E-state index contributed by atoms with van der Waals surface area (Å²) >= 11 is 0. The second-order valence-electron chi connectivity index (χ2n) is 6.73. The van der Waals surface area contributed by atoms with E-state index in [4.69, 9.17) is 0 Å². The third-order valence-corrected chi connectivity index (χ3v) is 4.83. The van der Waals surface area contributed by atoms with Crippen LogP contribution in [-0.2, 0) is 0 Å². The standard InChI is InChI=1S/C21H25N5O/c1-14(26(4)18-8-6-5-7-9-18)12-22-19-11-10-17(13-23-19)20-24-16(3)15(2)21(27)25-20/h5-11,13-14H,12H2,1-4H3,(H,22,23)(H,24,25,27). The number of para-hydroxylation sites is 1. The Morgan fingerprint density at radius 3 is 2.52 bits per heavy atom. The number of aryl methyl sites for hydroxylation is 1. The van der Waals surface area contributed by atoms with Crippen LogP contribution in [0, 0.1) is 13.8 Å². The van der Waals surface area contributed by atoms with Crippen LogP contribution < -0.4 is 15.8 Å². The molecule has 2 heterocycles. The van der Waals surface area contributed by atoms with Crippen LogP contribution in [0.4, 0.5) is 11.5 Å². The van der Waals surface area contributed by atoms with Crippen molar-refractivity contribution in [3.05, 3.63) is 70.3 Å². The van der Waals surface area contributed by atoms with Crippen molar-refractivity contribution in [2.75, 3.05) is 23.8 Å². The van der Waals surface area contributed by atoms with E-state index in [9.17, 15) is 4.79 Å². The van der Waals surface area contributed by atoms with Gasteiger partial charge in [-0.15, -0.1) is 0 Å². The zero-order chi connectivity index (χ0) is 19.4. The third-order valence-electron chi connectivity index (χ3n) is 4.83. The minimum atomic E-state index is -0.113. The molecule has 2 N–H and O–H groups in total. The van der Waals surface area contributed by atoms with Crippen LogP contribution in [0.5, 0.6) is 0 Å². The van der Waals surface area contributed by atoms with E-state index in [1.807, 2.05) is 37.3 Å². The SMILES string of the molecule is Cc1nc(-c2ccc(NCC(C)N(C)c3ccccc3)nc2)[nH]c(=O)c1C. The van der Waals surface area contributed by atoms with Crippen LogP contribution in [0.3, 0.4) is 0 Å². The van der Waals surface area contributed by atoms with Crippen molar-refractivity contribution in [3.8, 4) is 11.4 Å². The number of aromatic nitrogens is 3. The number of H-pyrrole nitrogens is 1. The van der Waals surface area contributed by atoms with Crippen molar-refractivity contribution in [2.24, 2.45) is 0 Å². The molecule has 0 aliphatic heterocycles. The van der Waals surface area contributed by atoms with E-state index in [2.05, 4.69) is 51.3 Å². The molecule has 0 saturated carbocycles. The number of nitrogens with one attached hydrogen (secondary N) is 2. The fraction of sp³-hybridized carbons (Fsp3) is 0.286. The summed E-state index contributed by atoms with van der Waals surface area (Å²) in [4.78, 5) is 25.8. The van der Waals surface area contributed by atoms with Crippen molar-refractivity contribution < 1.29 is 0 Å². The molecule has 0 spiro atoms. The highest BCUT2D eigenvalue weighted by molar-refractivity contribution is 5.56. The van der Waals surface area contributed by atoms with Crippen molar-refractivity contribution in [3.63, 3.8) is 0 Å². The molecule has 0 bridgehead atoms. The van der Waals surface area contributed by atoms with E-state index in [1.54, 1.807) is 13.1 Å². The average molecular weight is 363 g/mol. The zero-order valence-electron chi connectivity index (χ0n) is 16.2. The van der Waals surface area contributed by atoms with Gasteiger partial charge in [-0.05, 0) is 45.0 Å².